The number of likely N-dealkylation sites (N-methyl/N-ethyl adjacent to an activating group) is 1. The van der Waals surface area contributed by atoms with Crippen LogP contribution in [0.3, 0.4) is 0 Å². The number of methoxy groups -OCH3 is 1. The Morgan fingerprint density at radius 3 is 2.76 bits per heavy atom. The molecule has 0 atom stereocenters. The summed E-state index contributed by atoms with van der Waals surface area (Å²) >= 11 is 0. The lowest BCUT2D eigenvalue weighted by Crippen LogP contribution is -2.39. The third-order valence-electron chi connectivity index (χ3n) is 2.96. The molecule has 0 aliphatic heterocycles. The standard InChI is InChI=1S/C12H25N3O2/c1-3-15(11-4-5-11)8-6-13-10-12(16)14-7-9-17-2/h11,13H,3-10H2,1-2H3,(H,14,16). The zero-order chi connectivity index (χ0) is 12.5. The molecule has 0 heterocycles. The molecule has 0 radical (unpaired) electrons. The fraction of sp³-hybridized carbons (Fsp3) is 0.917. The summed E-state index contributed by atoms with van der Waals surface area (Å²) in [5.74, 6) is 0.0384. The lowest BCUT2D eigenvalue weighted by Gasteiger charge is -2.19. The van der Waals surface area contributed by atoms with Crippen molar-refractivity contribution in [3.05, 3.63) is 0 Å². The van der Waals surface area contributed by atoms with Crippen LogP contribution in [0.15, 0.2) is 0 Å². The first-order valence-corrected chi connectivity index (χ1v) is 6.48. The minimum Gasteiger partial charge on any atom is -0.383 e. The van der Waals surface area contributed by atoms with Crippen LogP contribution in [0.5, 0.6) is 0 Å². The summed E-state index contributed by atoms with van der Waals surface area (Å²) in [5, 5.41) is 5.95. The molecule has 1 aliphatic carbocycles. The maximum absolute atomic E-state index is 11.3. The van der Waals surface area contributed by atoms with Crippen LogP contribution >= 0.6 is 0 Å². The predicted molar refractivity (Wildman–Crippen MR) is 68.0 cm³/mol. The van der Waals surface area contributed by atoms with Gasteiger partial charge in [0.15, 0.2) is 0 Å². The molecule has 0 spiro atoms. The fourth-order valence-electron chi connectivity index (χ4n) is 1.82. The van der Waals surface area contributed by atoms with Crippen molar-refractivity contribution in [3.63, 3.8) is 0 Å². The number of rotatable bonds is 10. The Morgan fingerprint density at radius 2 is 2.18 bits per heavy atom. The Kier molecular flexibility index (Phi) is 7.16. The van der Waals surface area contributed by atoms with Crippen molar-refractivity contribution in [1.82, 2.24) is 15.5 Å². The van der Waals surface area contributed by atoms with E-state index in [0.717, 1.165) is 25.7 Å². The van der Waals surface area contributed by atoms with Crippen LogP contribution in [0.25, 0.3) is 0 Å². The molecule has 0 aromatic heterocycles. The number of hydrogen-bond acceptors (Lipinski definition) is 4. The van der Waals surface area contributed by atoms with Gasteiger partial charge in [-0.3, -0.25) is 9.69 Å². The van der Waals surface area contributed by atoms with E-state index in [1.54, 1.807) is 7.11 Å². The largest absolute Gasteiger partial charge is 0.383 e. The summed E-state index contributed by atoms with van der Waals surface area (Å²) in [6.07, 6.45) is 2.68. The molecular weight excluding hydrogens is 218 g/mol. The predicted octanol–water partition coefficient (Wildman–Crippen LogP) is -0.177. The normalized spacial score (nSPS) is 15.2. The molecule has 0 aromatic rings. The van der Waals surface area contributed by atoms with Gasteiger partial charge >= 0.3 is 0 Å². The first-order chi connectivity index (χ1) is 8.27. The van der Waals surface area contributed by atoms with Crippen molar-refractivity contribution < 1.29 is 9.53 Å². The molecule has 5 nitrogen and oxygen atoms in total. The molecule has 2 N–H and O–H groups in total. The summed E-state index contributed by atoms with van der Waals surface area (Å²) in [7, 11) is 1.63. The third-order valence-corrected chi connectivity index (χ3v) is 2.96. The van der Waals surface area contributed by atoms with Gasteiger partial charge < -0.3 is 15.4 Å². The van der Waals surface area contributed by atoms with E-state index in [2.05, 4.69) is 22.5 Å². The van der Waals surface area contributed by atoms with E-state index in [4.69, 9.17) is 4.74 Å². The van der Waals surface area contributed by atoms with Gasteiger partial charge in [0.2, 0.25) is 5.91 Å². The van der Waals surface area contributed by atoms with Gasteiger partial charge in [0.25, 0.3) is 0 Å². The maximum Gasteiger partial charge on any atom is 0.234 e. The molecule has 5 heteroatoms. The molecule has 0 saturated heterocycles. The fourth-order valence-corrected chi connectivity index (χ4v) is 1.82. The third kappa shape index (κ3) is 6.61. The molecule has 0 bridgehead atoms. The SMILES string of the molecule is CCN(CCNCC(=O)NCCOC)C1CC1. The topological polar surface area (TPSA) is 53.6 Å². The van der Waals surface area contributed by atoms with E-state index in [1.165, 1.54) is 12.8 Å². The molecule has 1 rings (SSSR count). The second-order valence-corrected chi connectivity index (χ2v) is 4.38. The van der Waals surface area contributed by atoms with E-state index in [-0.39, 0.29) is 5.91 Å². The minimum atomic E-state index is 0.0384. The lowest BCUT2D eigenvalue weighted by atomic mass is 10.4. The Hall–Kier alpha value is -0.650. The molecule has 1 saturated carbocycles. The zero-order valence-corrected chi connectivity index (χ0v) is 11.0. The van der Waals surface area contributed by atoms with E-state index in [1.807, 2.05) is 0 Å². The summed E-state index contributed by atoms with van der Waals surface area (Å²) < 4.78 is 4.86. The molecule has 100 valence electrons. The van der Waals surface area contributed by atoms with E-state index >= 15 is 0 Å². The number of hydrogen-bond donors (Lipinski definition) is 2. The molecule has 0 aromatic carbocycles. The van der Waals surface area contributed by atoms with Gasteiger partial charge in [-0.25, -0.2) is 0 Å². The van der Waals surface area contributed by atoms with Crippen LogP contribution in [0, 0.1) is 0 Å². The minimum absolute atomic E-state index is 0.0384. The summed E-state index contributed by atoms with van der Waals surface area (Å²) in [6.45, 7) is 6.75. The van der Waals surface area contributed by atoms with Crippen molar-refractivity contribution in [1.29, 1.82) is 0 Å². The van der Waals surface area contributed by atoms with Gasteiger partial charge in [-0.1, -0.05) is 6.92 Å². The molecule has 1 amide bonds. The molecule has 1 fully saturated rings. The second-order valence-electron chi connectivity index (χ2n) is 4.38. The van der Waals surface area contributed by atoms with Gasteiger partial charge in [-0.15, -0.1) is 0 Å². The quantitative estimate of drug-likeness (QED) is 0.523. The number of nitrogens with one attached hydrogen (secondary N) is 2. The van der Waals surface area contributed by atoms with Crippen LogP contribution in [-0.2, 0) is 9.53 Å². The monoisotopic (exact) mass is 243 g/mol. The van der Waals surface area contributed by atoms with Crippen LogP contribution in [-0.4, -0.2) is 63.3 Å². The van der Waals surface area contributed by atoms with Crippen LogP contribution in [0.4, 0.5) is 0 Å². The van der Waals surface area contributed by atoms with Crippen molar-refractivity contribution >= 4 is 5.91 Å². The van der Waals surface area contributed by atoms with Crippen molar-refractivity contribution in [3.8, 4) is 0 Å². The van der Waals surface area contributed by atoms with E-state index < -0.39 is 0 Å². The van der Waals surface area contributed by atoms with Gasteiger partial charge in [0, 0.05) is 32.8 Å². The average molecular weight is 243 g/mol. The van der Waals surface area contributed by atoms with Crippen molar-refractivity contribution in [2.45, 2.75) is 25.8 Å². The lowest BCUT2D eigenvalue weighted by molar-refractivity contribution is -0.120. The summed E-state index contributed by atoms with van der Waals surface area (Å²) in [5.41, 5.74) is 0. The highest BCUT2D eigenvalue weighted by molar-refractivity contribution is 5.77. The van der Waals surface area contributed by atoms with Crippen LogP contribution < -0.4 is 10.6 Å². The number of carbonyl (C=O) groups excluding carboxylic acids is 1. The van der Waals surface area contributed by atoms with Crippen LogP contribution in [0.2, 0.25) is 0 Å². The van der Waals surface area contributed by atoms with Gasteiger partial charge in [0.1, 0.15) is 0 Å². The smallest absolute Gasteiger partial charge is 0.234 e. The van der Waals surface area contributed by atoms with Crippen molar-refractivity contribution in [2.75, 3.05) is 46.4 Å². The number of ether oxygens (including phenoxy) is 1. The van der Waals surface area contributed by atoms with Gasteiger partial charge in [-0.05, 0) is 19.4 Å². The first kappa shape index (κ1) is 14.4. The number of amides is 1. The Balaban J connectivity index is 1.93. The maximum atomic E-state index is 11.3. The van der Waals surface area contributed by atoms with Gasteiger partial charge in [-0.2, -0.15) is 0 Å². The zero-order valence-electron chi connectivity index (χ0n) is 11.0. The Morgan fingerprint density at radius 1 is 1.41 bits per heavy atom. The molecule has 17 heavy (non-hydrogen) atoms. The molecule has 1 aliphatic rings. The van der Waals surface area contributed by atoms with Crippen LogP contribution in [0.1, 0.15) is 19.8 Å². The Labute approximate surface area is 104 Å². The van der Waals surface area contributed by atoms with Crippen molar-refractivity contribution in [2.24, 2.45) is 0 Å². The highest BCUT2D eigenvalue weighted by Gasteiger charge is 2.26. The summed E-state index contributed by atoms with van der Waals surface area (Å²) in [6, 6.07) is 0.803. The van der Waals surface area contributed by atoms with E-state index in [9.17, 15) is 4.79 Å². The highest BCUT2D eigenvalue weighted by atomic mass is 16.5. The number of carbonyl (C=O) groups is 1. The Bertz CT molecular complexity index is 220. The number of nitrogens with zero attached hydrogens (tertiary/aromatic N) is 1. The van der Waals surface area contributed by atoms with E-state index in [0.29, 0.717) is 19.7 Å². The molecule has 0 unspecified atom stereocenters. The molecular formula is C12H25N3O2. The first-order valence-electron chi connectivity index (χ1n) is 6.48. The average Bonchev–Trinajstić information content (AvgIpc) is 3.14. The van der Waals surface area contributed by atoms with Gasteiger partial charge in [0.05, 0.1) is 13.2 Å². The summed E-state index contributed by atoms with van der Waals surface area (Å²) in [4.78, 5) is 13.8. The second kappa shape index (κ2) is 8.44. The highest BCUT2D eigenvalue weighted by Crippen LogP contribution is 2.25.